The molecule has 1 saturated carbocycles. The predicted octanol–water partition coefficient (Wildman–Crippen LogP) is 3.57. The second-order valence-corrected chi connectivity index (χ2v) is 5.89. The summed E-state index contributed by atoms with van der Waals surface area (Å²) in [6.45, 7) is 0.218. The number of nitrogens with zero attached hydrogens (tertiary/aromatic N) is 1. The van der Waals surface area contributed by atoms with Crippen molar-refractivity contribution in [3.05, 3.63) is 27.7 Å². The lowest BCUT2D eigenvalue weighted by atomic mass is 10.3. The van der Waals surface area contributed by atoms with Crippen LogP contribution in [0.4, 0.5) is 10.5 Å². The molecular weight excluding hydrogens is 348 g/mol. The summed E-state index contributed by atoms with van der Waals surface area (Å²) in [5.41, 5.74) is 0.587. The molecule has 0 radical (unpaired) electrons. The zero-order valence-electron chi connectivity index (χ0n) is 10.6. The van der Waals surface area contributed by atoms with Crippen molar-refractivity contribution in [1.29, 1.82) is 0 Å². The standard InChI is InChI=1S/C13H14BrClN2O3/c14-10-4-1-8(7-11(10)15)16-13(20)17(9-2-3-9)6-5-12(18)19/h1,4,7,9H,2-3,5-6H2,(H,16,20)(H,18,19). The van der Waals surface area contributed by atoms with Gasteiger partial charge < -0.3 is 15.3 Å². The first kappa shape index (κ1) is 15.1. The molecule has 7 heteroatoms. The van der Waals surface area contributed by atoms with Gasteiger partial charge in [0.2, 0.25) is 0 Å². The highest BCUT2D eigenvalue weighted by atomic mass is 79.9. The van der Waals surface area contributed by atoms with Gasteiger partial charge >= 0.3 is 12.0 Å². The van der Waals surface area contributed by atoms with Gasteiger partial charge in [-0.2, -0.15) is 0 Å². The van der Waals surface area contributed by atoms with Gasteiger partial charge in [0.15, 0.2) is 0 Å². The summed E-state index contributed by atoms with van der Waals surface area (Å²) in [6.07, 6.45) is 1.80. The molecule has 0 atom stereocenters. The molecule has 1 aliphatic rings. The summed E-state index contributed by atoms with van der Waals surface area (Å²) in [7, 11) is 0. The van der Waals surface area contributed by atoms with Crippen LogP contribution in [-0.2, 0) is 4.79 Å². The Morgan fingerprint density at radius 2 is 2.15 bits per heavy atom. The Labute approximate surface area is 130 Å². The van der Waals surface area contributed by atoms with Crippen LogP contribution in [0, 0.1) is 0 Å². The van der Waals surface area contributed by atoms with Crippen LogP contribution in [0.3, 0.4) is 0 Å². The van der Waals surface area contributed by atoms with Crippen molar-refractivity contribution in [3.8, 4) is 0 Å². The van der Waals surface area contributed by atoms with Crippen LogP contribution in [0.15, 0.2) is 22.7 Å². The lowest BCUT2D eigenvalue weighted by Gasteiger charge is -2.22. The Balaban J connectivity index is 2.00. The summed E-state index contributed by atoms with van der Waals surface area (Å²) in [5, 5.41) is 12.0. The highest BCUT2D eigenvalue weighted by Gasteiger charge is 2.32. The van der Waals surface area contributed by atoms with Crippen molar-refractivity contribution < 1.29 is 14.7 Å². The molecule has 0 heterocycles. The third-order valence-corrected chi connectivity index (χ3v) is 4.22. The van der Waals surface area contributed by atoms with Crippen molar-refractivity contribution in [1.82, 2.24) is 4.90 Å². The maximum Gasteiger partial charge on any atom is 0.322 e. The third-order valence-electron chi connectivity index (χ3n) is 2.99. The number of aliphatic carboxylic acids is 1. The van der Waals surface area contributed by atoms with Gasteiger partial charge in [-0.25, -0.2) is 4.79 Å². The molecular formula is C13H14BrClN2O3. The van der Waals surface area contributed by atoms with E-state index >= 15 is 0 Å². The van der Waals surface area contributed by atoms with Crippen LogP contribution >= 0.6 is 27.5 Å². The van der Waals surface area contributed by atoms with Crippen LogP contribution in [-0.4, -0.2) is 34.6 Å². The van der Waals surface area contributed by atoms with E-state index in [0.29, 0.717) is 10.7 Å². The number of benzene rings is 1. The number of anilines is 1. The fraction of sp³-hybridized carbons (Fsp3) is 0.385. The normalized spacial score (nSPS) is 13.9. The highest BCUT2D eigenvalue weighted by Crippen LogP contribution is 2.29. The van der Waals surface area contributed by atoms with Gasteiger partial charge in [-0.05, 0) is 47.0 Å². The first-order chi connectivity index (χ1) is 9.47. The average molecular weight is 362 g/mol. The van der Waals surface area contributed by atoms with Crippen molar-refractivity contribution in [2.45, 2.75) is 25.3 Å². The van der Waals surface area contributed by atoms with E-state index in [1.165, 1.54) is 0 Å². The fourth-order valence-corrected chi connectivity index (χ4v) is 2.25. The summed E-state index contributed by atoms with van der Waals surface area (Å²) < 4.78 is 0.752. The highest BCUT2D eigenvalue weighted by molar-refractivity contribution is 9.10. The third kappa shape index (κ3) is 4.11. The van der Waals surface area contributed by atoms with Crippen molar-refractivity contribution in [2.75, 3.05) is 11.9 Å². The quantitative estimate of drug-likeness (QED) is 0.842. The molecule has 0 bridgehead atoms. The van der Waals surface area contributed by atoms with E-state index in [1.807, 2.05) is 0 Å². The van der Waals surface area contributed by atoms with E-state index in [2.05, 4.69) is 21.2 Å². The second-order valence-electron chi connectivity index (χ2n) is 4.63. The van der Waals surface area contributed by atoms with E-state index < -0.39 is 5.97 Å². The Morgan fingerprint density at radius 3 is 2.70 bits per heavy atom. The van der Waals surface area contributed by atoms with Gasteiger partial charge in [-0.3, -0.25) is 4.79 Å². The lowest BCUT2D eigenvalue weighted by molar-refractivity contribution is -0.137. The maximum atomic E-state index is 12.2. The Bertz CT molecular complexity index is 534. The van der Waals surface area contributed by atoms with Crippen molar-refractivity contribution in [2.24, 2.45) is 0 Å². The van der Waals surface area contributed by atoms with Gasteiger partial charge in [0, 0.05) is 22.7 Å². The summed E-state index contributed by atoms with van der Waals surface area (Å²) >= 11 is 9.24. The first-order valence-electron chi connectivity index (χ1n) is 6.22. The van der Waals surface area contributed by atoms with Gasteiger partial charge in [0.25, 0.3) is 0 Å². The topological polar surface area (TPSA) is 69.6 Å². The molecule has 5 nitrogen and oxygen atoms in total. The minimum absolute atomic E-state index is 0.0506. The van der Waals surface area contributed by atoms with Crippen LogP contribution in [0.1, 0.15) is 19.3 Å². The number of halogens is 2. The zero-order valence-corrected chi connectivity index (χ0v) is 12.9. The molecule has 0 aliphatic heterocycles. The predicted molar refractivity (Wildman–Crippen MR) is 80.2 cm³/mol. The molecule has 1 fully saturated rings. The van der Waals surface area contributed by atoms with E-state index in [-0.39, 0.29) is 25.0 Å². The molecule has 1 aliphatic carbocycles. The monoisotopic (exact) mass is 360 g/mol. The molecule has 2 amide bonds. The number of hydrogen-bond donors (Lipinski definition) is 2. The van der Waals surface area contributed by atoms with E-state index in [0.717, 1.165) is 17.3 Å². The van der Waals surface area contributed by atoms with E-state index in [1.54, 1.807) is 23.1 Å². The number of urea groups is 1. The number of rotatable bonds is 5. The minimum Gasteiger partial charge on any atom is -0.481 e. The van der Waals surface area contributed by atoms with Crippen LogP contribution < -0.4 is 5.32 Å². The molecule has 0 unspecified atom stereocenters. The molecule has 1 aromatic carbocycles. The number of carbonyl (C=O) groups is 2. The van der Waals surface area contributed by atoms with Crippen LogP contribution in [0.5, 0.6) is 0 Å². The van der Waals surface area contributed by atoms with Crippen molar-refractivity contribution in [3.63, 3.8) is 0 Å². The Hall–Kier alpha value is -1.27. The van der Waals surface area contributed by atoms with Crippen molar-refractivity contribution >= 4 is 45.2 Å². The molecule has 0 saturated heterocycles. The van der Waals surface area contributed by atoms with Crippen LogP contribution in [0.25, 0.3) is 0 Å². The van der Waals surface area contributed by atoms with E-state index in [9.17, 15) is 9.59 Å². The van der Waals surface area contributed by atoms with Gasteiger partial charge in [-0.1, -0.05) is 11.6 Å². The van der Waals surface area contributed by atoms with E-state index in [4.69, 9.17) is 16.7 Å². The molecule has 20 heavy (non-hydrogen) atoms. The first-order valence-corrected chi connectivity index (χ1v) is 7.39. The average Bonchev–Trinajstić information content (AvgIpc) is 3.18. The molecule has 2 N–H and O–H groups in total. The largest absolute Gasteiger partial charge is 0.481 e. The lowest BCUT2D eigenvalue weighted by Crippen LogP contribution is -2.38. The molecule has 0 aromatic heterocycles. The Kier molecular flexibility index (Phi) is 4.88. The number of amides is 2. The zero-order chi connectivity index (χ0) is 14.7. The number of hydrogen-bond acceptors (Lipinski definition) is 2. The SMILES string of the molecule is O=C(O)CCN(C(=O)Nc1ccc(Br)c(Cl)c1)C1CC1. The summed E-state index contributed by atoms with van der Waals surface area (Å²) in [6, 6.07) is 4.99. The smallest absolute Gasteiger partial charge is 0.322 e. The second kappa shape index (κ2) is 6.45. The number of carboxylic acids is 1. The number of nitrogens with one attached hydrogen (secondary N) is 1. The molecule has 108 valence electrons. The number of carboxylic acid groups (broad SMARTS) is 1. The fourth-order valence-electron chi connectivity index (χ4n) is 1.82. The minimum atomic E-state index is -0.907. The van der Waals surface area contributed by atoms with Gasteiger partial charge in [-0.15, -0.1) is 0 Å². The molecule has 2 rings (SSSR count). The Morgan fingerprint density at radius 1 is 1.45 bits per heavy atom. The van der Waals surface area contributed by atoms with Gasteiger partial charge in [0.1, 0.15) is 0 Å². The van der Waals surface area contributed by atoms with Crippen LogP contribution in [0.2, 0.25) is 5.02 Å². The number of carbonyl (C=O) groups excluding carboxylic acids is 1. The maximum absolute atomic E-state index is 12.2. The molecule has 0 spiro atoms. The summed E-state index contributed by atoms with van der Waals surface area (Å²) in [5.74, 6) is -0.907. The van der Waals surface area contributed by atoms with Gasteiger partial charge in [0.05, 0.1) is 11.4 Å². The molecule has 1 aromatic rings. The summed E-state index contributed by atoms with van der Waals surface area (Å²) in [4.78, 5) is 24.4.